The minimum atomic E-state index is -0.381. The van der Waals surface area contributed by atoms with Crippen molar-refractivity contribution in [2.45, 2.75) is 18.9 Å². The van der Waals surface area contributed by atoms with Crippen LogP contribution >= 0.6 is 15.9 Å². The van der Waals surface area contributed by atoms with Crippen molar-refractivity contribution in [2.24, 2.45) is 0 Å². The molecule has 1 aliphatic rings. The van der Waals surface area contributed by atoms with Gasteiger partial charge in [-0.1, -0.05) is 15.9 Å². The molecule has 1 aliphatic heterocycles. The van der Waals surface area contributed by atoms with Crippen molar-refractivity contribution in [3.05, 3.63) is 0 Å². The van der Waals surface area contributed by atoms with Crippen LogP contribution in [-0.4, -0.2) is 30.1 Å². The van der Waals surface area contributed by atoms with Gasteiger partial charge in [-0.2, -0.15) is 0 Å². The molecule has 0 amide bonds. The van der Waals surface area contributed by atoms with E-state index in [4.69, 9.17) is 9.47 Å². The summed E-state index contributed by atoms with van der Waals surface area (Å²) < 4.78 is 10.1. The second-order valence-electron chi connectivity index (χ2n) is 2.86. The number of ether oxygens (including phenoxy) is 2. The standard InChI is InChI=1S/C7H11BrO3/c1-7(5-8)2-3-10-4-6(9)11-7/h2-5H2,1H3. The average molecular weight is 223 g/mol. The Balaban J connectivity index is 2.58. The maximum Gasteiger partial charge on any atom is 0.332 e. The van der Waals surface area contributed by atoms with Gasteiger partial charge in [0.15, 0.2) is 0 Å². The van der Waals surface area contributed by atoms with E-state index >= 15 is 0 Å². The molecule has 0 aromatic rings. The van der Waals surface area contributed by atoms with Crippen LogP contribution in [0, 0.1) is 0 Å². The van der Waals surface area contributed by atoms with Crippen LogP contribution in [0.1, 0.15) is 13.3 Å². The van der Waals surface area contributed by atoms with E-state index in [2.05, 4.69) is 15.9 Å². The van der Waals surface area contributed by atoms with E-state index in [0.717, 1.165) is 6.42 Å². The Labute approximate surface area is 74.2 Å². The monoisotopic (exact) mass is 222 g/mol. The van der Waals surface area contributed by atoms with E-state index < -0.39 is 0 Å². The van der Waals surface area contributed by atoms with Crippen molar-refractivity contribution in [3.63, 3.8) is 0 Å². The lowest BCUT2D eigenvalue weighted by atomic mass is 10.1. The second kappa shape index (κ2) is 3.54. The van der Waals surface area contributed by atoms with Crippen molar-refractivity contribution in [3.8, 4) is 0 Å². The number of alkyl halides is 1. The molecular formula is C7H11BrO3. The molecule has 0 aromatic carbocycles. The number of hydrogen-bond donors (Lipinski definition) is 0. The molecular weight excluding hydrogens is 212 g/mol. The van der Waals surface area contributed by atoms with Gasteiger partial charge in [-0.25, -0.2) is 4.79 Å². The fourth-order valence-electron chi connectivity index (χ4n) is 0.893. The van der Waals surface area contributed by atoms with Crippen molar-refractivity contribution >= 4 is 21.9 Å². The van der Waals surface area contributed by atoms with Crippen molar-refractivity contribution in [1.82, 2.24) is 0 Å². The molecule has 0 aliphatic carbocycles. The summed E-state index contributed by atoms with van der Waals surface area (Å²) in [4.78, 5) is 10.9. The van der Waals surface area contributed by atoms with Crippen LogP contribution in [0.4, 0.5) is 0 Å². The summed E-state index contributed by atoms with van der Waals surface area (Å²) in [5.41, 5.74) is -0.381. The topological polar surface area (TPSA) is 35.5 Å². The Kier molecular flexibility index (Phi) is 2.90. The highest BCUT2D eigenvalue weighted by atomic mass is 79.9. The van der Waals surface area contributed by atoms with Gasteiger partial charge in [-0.3, -0.25) is 0 Å². The average Bonchev–Trinajstić information content (AvgIpc) is 2.13. The van der Waals surface area contributed by atoms with E-state index in [1.54, 1.807) is 0 Å². The summed E-state index contributed by atoms with van der Waals surface area (Å²) in [5.74, 6) is -0.274. The first kappa shape index (κ1) is 9.00. The van der Waals surface area contributed by atoms with Gasteiger partial charge in [0.25, 0.3) is 0 Å². The summed E-state index contributed by atoms with van der Waals surface area (Å²) in [6.45, 7) is 2.57. The van der Waals surface area contributed by atoms with E-state index in [1.165, 1.54) is 0 Å². The molecule has 11 heavy (non-hydrogen) atoms. The number of carbonyl (C=O) groups excluding carboxylic acids is 1. The third-order valence-corrected chi connectivity index (χ3v) is 2.82. The molecule has 0 aromatic heterocycles. The molecule has 0 spiro atoms. The number of esters is 1. The largest absolute Gasteiger partial charge is 0.457 e. The highest BCUT2D eigenvalue weighted by Gasteiger charge is 2.29. The van der Waals surface area contributed by atoms with Crippen LogP contribution in [0.15, 0.2) is 0 Å². The number of halogens is 1. The van der Waals surface area contributed by atoms with Gasteiger partial charge in [-0.15, -0.1) is 0 Å². The van der Waals surface area contributed by atoms with E-state index in [-0.39, 0.29) is 18.2 Å². The smallest absolute Gasteiger partial charge is 0.332 e. The van der Waals surface area contributed by atoms with Gasteiger partial charge < -0.3 is 9.47 Å². The number of hydrogen-bond acceptors (Lipinski definition) is 3. The highest BCUT2D eigenvalue weighted by molar-refractivity contribution is 9.09. The molecule has 0 radical (unpaired) electrons. The fourth-order valence-corrected chi connectivity index (χ4v) is 1.29. The lowest BCUT2D eigenvalue weighted by molar-refractivity contribution is -0.155. The van der Waals surface area contributed by atoms with Crippen molar-refractivity contribution in [2.75, 3.05) is 18.5 Å². The zero-order valence-electron chi connectivity index (χ0n) is 6.43. The van der Waals surface area contributed by atoms with Gasteiger partial charge in [-0.05, 0) is 6.92 Å². The van der Waals surface area contributed by atoms with Gasteiger partial charge >= 0.3 is 5.97 Å². The molecule has 4 heteroatoms. The molecule has 1 rings (SSSR count). The molecule has 3 nitrogen and oxygen atoms in total. The van der Waals surface area contributed by atoms with Gasteiger partial charge in [0.05, 0.1) is 6.61 Å². The Hall–Kier alpha value is -0.0900. The lowest BCUT2D eigenvalue weighted by Crippen LogP contribution is -2.32. The zero-order valence-corrected chi connectivity index (χ0v) is 8.02. The molecule has 0 saturated carbocycles. The summed E-state index contributed by atoms with van der Waals surface area (Å²) in [5, 5.41) is 0.662. The van der Waals surface area contributed by atoms with Crippen LogP contribution in [0.3, 0.4) is 0 Å². The van der Waals surface area contributed by atoms with Crippen LogP contribution in [0.5, 0.6) is 0 Å². The molecule has 0 N–H and O–H groups in total. The predicted molar refractivity (Wildman–Crippen MR) is 43.7 cm³/mol. The molecule has 0 bridgehead atoms. The van der Waals surface area contributed by atoms with Crippen LogP contribution in [0.2, 0.25) is 0 Å². The van der Waals surface area contributed by atoms with Gasteiger partial charge in [0, 0.05) is 11.8 Å². The first-order valence-corrected chi connectivity index (χ1v) is 4.64. The minimum Gasteiger partial charge on any atom is -0.457 e. The lowest BCUT2D eigenvalue weighted by Gasteiger charge is -2.24. The van der Waals surface area contributed by atoms with E-state index in [9.17, 15) is 4.79 Å². The normalized spacial score (nSPS) is 32.7. The number of cyclic esters (lactones) is 1. The quantitative estimate of drug-likeness (QED) is 0.493. The number of rotatable bonds is 1. The summed E-state index contributed by atoms with van der Waals surface area (Å²) >= 11 is 3.30. The molecule has 1 fully saturated rings. The molecule has 64 valence electrons. The van der Waals surface area contributed by atoms with Crippen molar-refractivity contribution in [1.29, 1.82) is 0 Å². The Morgan fingerprint density at radius 3 is 3.09 bits per heavy atom. The first-order chi connectivity index (χ1) is 5.16. The zero-order chi connectivity index (χ0) is 8.32. The Morgan fingerprint density at radius 1 is 1.73 bits per heavy atom. The third-order valence-electron chi connectivity index (χ3n) is 1.64. The number of carbonyl (C=O) groups is 1. The fraction of sp³-hybridized carbons (Fsp3) is 0.857. The van der Waals surface area contributed by atoms with Gasteiger partial charge in [0.1, 0.15) is 12.2 Å². The SMILES string of the molecule is CC1(CBr)CCOCC(=O)O1. The maximum atomic E-state index is 10.9. The Bertz CT molecular complexity index is 160. The third kappa shape index (κ3) is 2.45. The summed E-state index contributed by atoms with van der Waals surface area (Å²) in [6.07, 6.45) is 0.754. The molecule has 1 unspecified atom stereocenters. The van der Waals surface area contributed by atoms with Crippen molar-refractivity contribution < 1.29 is 14.3 Å². The molecule has 1 heterocycles. The highest BCUT2D eigenvalue weighted by Crippen LogP contribution is 2.20. The second-order valence-corrected chi connectivity index (χ2v) is 3.42. The minimum absolute atomic E-state index is 0.0859. The van der Waals surface area contributed by atoms with Crippen LogP contribution < -0.4 is 0 Å². The van der Waals surface area contributed by atoms with Crippen LogP contribution in [0.25, 0.3) is 0 Å². The van der Waals surface area contributed by atoms with E-state index in [0.29, 0.717) is 11.9 Å². The molecule has 1 saturated heterocycles. The van der Waals surface area contributed by atoms with Gasteiger partial charge in [0.2, 0.25) is 0 Å². The van der Waals surface area contributed by atoms with E-state index in [1.807, 2.05) is 6.92 Å². The summed E-state index contributed by atoms with van der Waals surface area (Å²) in [6, 6.07) is 0. The molecule has 1 atom stereocenters. The first-order valence-electron chi connectivity index (χ1n) is 3.52. The Morgan fingerprint density at radius 2 is 2.45 bits per heavy atom. The maximum absolute atomic E-state index is 10.9. The summed E-state index contributed by atoms with van der Waals surface area (Å²) in [7, 11) is 0. The predicted octanol–water partition coefficient (Wildman–Crippen LogP) is 1.10. The van der Waals surface area contributed by atoms with Crippen LogP contribution in [-0.2, 0) is 14.3 Å².